The molecule has 1 aromatic heterocycles. The van der Waals surface area contributed by atoms with Crippen LogP contribution in [0.1, 0.15) is 5.69 Å². The van der Waals surface area contributed by atoms with Crippen LogP contribution < -0.4 is 4.72 Å². The Labute approximate surface area is 127 Å². The van der Waals surface area contributed by atoms with Crippen LogP contribution in [0.3, 0.4) is 0 Å². The highest BCUT2D eigenvalue weighted by atomic mass is 35.5. The molecule has 0 aliphatic rings. The van der Waals surface area contributed by atoms with E-state index in [1.165, 1.54) is 6.92 Å². The molecule has 1 heterocycles. The molecule has 7 nitrogen and oxygen atoms in total. The Balaban J connectivity index is 2.37. The zero-order valence-electron chi connectivity index (χ0n) is 10.3. The lowest BCUT2D eigenvalue weighted by atomic mass is 10.3. The van der Waals surface area contributed by atoms with Crippen LogP contribution in [0.15, 0.2) is 22.4 Å². The van der Waals surface area contributed by atoms with Crippen LogP contribution >= 0.6 is 22.9 Å². The monoisotopic (exact) mass is 351 g/mol. The molecule has 2 rings (SSSR count). The summed E-state index contributed by atoms with van der Waals surface area (Å²) < 4.78 is 39.8. The van der Waals surface area contributed by atoms with E-state index in [2.05, 4.69) is 4.98 Å². The van der Waals surface area contributed by atoms with Gasteiger partial charge in [-0.2, -0.15) is 0 Å². The molecule has 0 fully saturated rings. The van der Waals surface area contributed by atoms with E-state index in [-0.39, 0.29) is 14.4 Å². The SMILES string of the molecule is Cc1nc(Cl)sc1S(=O)(=O)Nc1ccc([N+](=O)[O-])cc1F. The second kappa shape index (κ2) is 5.54. The van der Waals surface area contributed by atoms with E-state index < -0.39 is 32.1 Å². The van der Waals surface area contributed by atoms with Crippen LogP contribution in [0, 0.1) is 22.9 Å². The predicted octanol–water partition coefficient (Wildman–Crippen LogP) is 2.95. The third kappa shape index (κ3) is 3.28. The molecule has 11 heteroatoms. The minimum atomic E-state index is -4.07. The van der Waals surface area contributed by atoms with Crippen molar-refractivity contribution in [2.24, 2.45) is 0 Å². The van der Waals surface area contributed by atoms with Crippen molar-refractivity contribution in [2.45, 2.75) is 11.1 Å². The van der Waals surface area contributed by atoms with Gasteiger partial charge < -0.3 is 0 Å². The third-order valence-corrected chi connectivity index (χ3v) is 5.62. The Morgan fingerprint density at radius 3 is 2.62 bits per heavy atom. The molecule has 1 N–H and O–H groups in total. The Kier molecular flexibility index (Phi) is 4.12. The van der Waals surface area contributed by atoms with Crippen LogP contribution in [0.4, 0.5) is 15.8 Å². The normalized spacial score (nSPS) is 11.4. The zero-order chi connectivity index (χ0) is 15.8. The molecule has 0 aliphatic heterocycles. The largest absolute Gasteiger partial charge is 0.276 e. The number of aromatic nitrogens is 1. The maximum absolute atomic E-state index is 13.7. The van der Waals surface area contributed by atoms with E-state index in [0.717, 1.165) is 23.5 Å². The highest BCUT2D eigenvalue weighted by Gasteiger charge is 2.23. The molecule has 0 saturated carbocycles. The van der Waals surface area contributed by atoms with Gasteiger partial charge in [0, 0.05) is 6.07 Å². The number of nitrogens with one attached hydrogen (secondary N) is 1. The lowest BCUT2D eigenvalue weighted by Crippen LogP contribution is -2.13. The highest BCUT2D eigenvalue weighted by molar-refractivity contribution is 7.94. The molecule has 0 unspecified atom stereocenters. The van der Waals surface area contributed by atoms with Gasteiger partial charge in [0.2, 0.25) is 0 Å². The second-order valence-electron chi connectivity index (χ2n) is 3.87. The number of sulfonamides is 1. The summed E-state index contributed by atoms with van der Waals surface area (Å²) in [6, 6.07) is 2.60. The smallest absolute Gasteiger partial charge is 0.273 e. The lowest BCUT2D eigenvalue weighted by Gasteiger charge is -2.07. The van der Waals surface area contributed by atoms with Crippen LogP contribution in [-0.4, -0.2) is 18.3 Å². The Morgan fingerprint density at radius 1 is 1.48 bits per heavy atom. The molecule has 0 atom stereocenters. The number of hydrogen-bond acceptors (Lipinski definition) is 6. The fourth-order valence-corrected chi connectivity index (χ4v) is 4.30. The number of nitro groups is 1. The summed E-state index contributed by atoms with van der Waals surface area (Å²) in [6.07, 6.45) is 0. The predicted molar refractivity (Wildman–Crippen MR) is 75.7 cm³/mol. The summed E-state index contributed by atoms with van der Waals surface area (Å²) in [6.45, 7) is 1.45. The number of rotatable bonds is 4. The van der Waals surface area contributed by atoms with Gasteiger partial charge in [0.1, 0.15) is 0 Å². The van der Waals surface area contributed by atoms with Crippen molar-refractivity contribution in [2.75, 3.05) is 4.72 Å². The molecule has 0 bridgehead atoms. The average molecular weight is 352 g/mol. The van der Waals surface area contributed by atoms with Crippen LogP contribution in [0.5, 0.6) is 0 Å². The van der Waals surface area contributed by atoms with Gasteiger partial charge in [-0.15, -0.1) is 0 Å². The number of anilines is 1. The topological polar surface area (TPSA) is 102 Å². The summed E-state index contributed by atoms with van der Waals surface area (Å²) >= 11 is 6.36. The molecular formula is C10H7ClFN3O4S2. The third-order valence-electron chi connectivity index (χ3n) is 2.38. The molecule has 0 amide bonds. The quantitative estimate of drug-likeness (QED) is 0.673. The summed E-state index contributed by atoms with van der Waals surface area (Å²) in [5.41, 5.74) is -0.697. The molecule has 0 saturated heterocycles. The first kappa shape index (κ1) is 15.6. The van der Waals surface area contributed by atoms with Gasteiger partial charge in [0.25, 0.3) is 15.7 Å². The van der Waals surface area contributed by atoms with E-state index in [1.807, 2.05) is 4.72 Å². The Bertz CT molecular complexity index is 822. The van der Waals surface area contributed by atoms with E-state index in [0.29, 0.717) is 6.07 Å². The number of non-ortho nitro benzene ring substituents is 1. The number of halogens is 2. The van der Waals surface area contributed by atoms with E-state index in [9.17, 15) is 22.9 Å². The first-order valence-electron chi connectivity index (χ1n) is 5.30. The first-order chi connectivity index (χ1) is 9.70. The number of aryl methyl sites for hydroxylation is 1. The molecule has 21 heavy (non-hydrogen) atoms. The van der Waals surface area contributed by atoms with Gasteiger partial charge >= 0.3 is 0 Å². The van der Waals surface area contributed by atoms with Gasteiger partial charge in [0.15, 0.2) is 14.5 Å². The van der Waals surface area contributed by atoms with Crippen molar-refractivity contribution in [3.8, 4) is 0 Å². The van der Waals surface area contributed by atoms with Gasteiger partial charge in [-0.25, -0.2) is 17.8 Å². The molecular weight excluding hydrogens is 345 g/mol. The summed E-state index contributed by atoms with van der Waals surface area (Å²) in [5.74, 6) is -1.05. The molecule has 112 valence electrons. The van der Waals surface area contributed by atoms with Crippen LogP contribution in [0.2, 0.25) is 4.47 Å². The van der Waals surface area contributed by atoms with Crippen molar-refractivity contribution in [1.82, 2.24) is 4.98 Å². The minimum Gasteiger partial charge on any atom is -0.276 e. The summed E-state index contributed by atoms with van der Waals surface area (Å²) in [7, 11) is -4.07. The fourth-order valence-electron chi connectivity index (χ4n) is 1.49. The fraction of sp³-hybridized carbons (Fsp3) is 0.100. The number of nitro benzene ring substituents is 1. The number of thiazole rings is 1. The van der Waals surface area contributed by atoms with Gasteiger partial charge in [-0.1, -0.05) is 22.9 Å². The van der Waals surface area contributed by atoms with Crippen molar-refractivity contribution in [3.05, 3.63) is 44.3 Å². The molecule has 2 aromatic rings. The van der Waals surface area contributed by atoms with Crippen LogP contribution in [0.25, 0.3) is 0 Å². The van der Waals surface area contributed by atoms with E-state index in [1.54, 1.807) is 0 Å². The number of nitrogens with zero attached hydrogens (tertiary/aromatic N) is 2. The Morgan fingerprint density at radius 2 is 2.14 bits per heavy atom. The first-order valence-corrected chi connectivity index (χ1v) is 7.98. The second-order valence-corrected chi connectivity index (χ2v) is 7.33. The van der Waals surface area contributed by atoms with Gasteiger partial charge in [0.05, 0.1) is 22.4 Å². The minimum absolute atomic E-state index is 0.0389. The van der Waals surface area contributed by atoms with Crippen molar-refractivity contribution in [1.29, 1.82) is 0 Å². The van der Waals surface area contributed by atoms with Gasteiger partial charge in [-0.3, -0.25) is 14.8 Å². The average Bonchev–Trinajstić information content (AvgIpc) is 2.71. The van der Waals surface area contributed by atoms with Crippen molar-refractivity contribution < 1.29 is 17.7 Å². The maximum Gasteiger partial charge on any atom is 0.273 e. The van der Waals surface area contributed by atoms with Gasteiger partial charge in [-0.05, 0) is 13.0 Å². The molecule has 1 aromatic carbocycles. The van der Waals surface area contributed by atoms with E-state index >= 15 is 0 Å². The summed E-state index contributed by atoms with van der Waals surface area (Å²) in [4.78, 5) is 13.5. The molecule has 0 radical (unpaired) electrons. The summed E-state index contributed by atoms with van der Waals surface area (Å²) in [5, 5.41) is 10.5. The van der Waals surface area contributed by atoms with E-state index in [4.69, 9.17) is 11.6 Å². The number of benzene rings is 1. The highest BCUT2D eigenvalue weighted by Crippen LogP contribution is 2.29. The number of hydrogen-bond donors (Lipinski definition) is 1. The zero-order valence-corrected chi connectivity index (χ0v) is 12.7. The lowest BCUT2D eigenvalue weighted by molar-refractivity contribution is -0.385. The molecule has 0 spiro atoms. The van der Waals surface area contributed by atoms with Crippen LogP contribution in [-0.2, 0) is 10.0 Å². The molecule has 0 aliphatic carbocycles. The Hall–Kier alpha value is -1.78. The standard InChI is InChI=1S/C10H7ClFN3O4S2/c1-5-9(20-10(11)13-5)21(18,19)14-8-3-2-6(15(16)17)4-7(8)12/h2-4,14H,1H3. The van der Waals surface area contributed by atoms with Crippen molar-refractivity contribution in [3.63, 3.8) is 0 Å². The van der Waals surface area contributed by atoms with Crippen molar-refractivity contribution >= 4 is 44.3 Å². The maximum atomic E-state index is 13.7.